The minimum absolute atomic E-state index is 0.0867. The van der Waals surface area contributed by atoms with Crippen LogP contribution in [0.15, 0.2) is 64.2 Å². The van der Waals surface area contributed by atoms with Crippen LogP contribution in [-0.4, -0.2) is 24.8 Å². The summed E-state index contributed by atoms with van der Waals surface area (Å²) in [5, 5.41) is 6.74. The van der Waals surface area contributed by atoms with Gasteiger partial charge in [0.05, 0.1) is 6.21 Å². The average Bonchev–Trinajstić information content (AvgIpc) is 2.59. The van der Waals surface area contributed by atoms with Gasteiger partial charge in [-0.05, 0) is 31.4 Å². The van der Waals surface area contributed by atoms with Crippen LogP contribution >= 0.6 is 15.9 Å². The van der Waals surface area contributed by atoms with Crippen molar-refractivity contribution in [2.45, 2.75) is 25.8 Å². The molecule has 0 aliphatic heterocycles. The van der Waals surface area contributed by atoms with Crippen LogP contribution in [-0.2, 0) is 16.1 Å². The van der Waals surface area contributed by atoms with E-state index in [4.69, 9.17) is 4.84 Å². The predicted octanol–water partition coefficient (Wildman–Crippen LogP) is 3.94. The molecule has 0 fully saturated rings. The molecule has 2 aromatic rings. The minimum Gasteiger partial charge on any atom is -0.386 e. The predicted molar refractivity (Wildman–Crippen MR) is 100 cm³/mol. The van der Waals surface area contributed by atoms with Crippen LogP contribution < -0.4 is 5.32 Å². The second-order valence-electron chi connectivity index (χ2n) is 5.52. The summed E-state index contributed by atoms with van der Waals surface area (Å²) < 4.78 is 0.927. The number of nitrogens with one attached hydrogen (secondary N) is 1. The molecule has 0 aliphatic rings. The lowest BCUT2D eigenvalue weighted by Gasteiger charge is -2.13. The van der Waals surface area contributed by atoms with Gasteiger partial charge in [-0.1, -0.05) is 69.6 Å². The molecule has 0 aromatic heterocycles. The largest absolute Gasteiger partial charge is 0.386 e. The van der Waals surface area contributed by atoms with E-state index < -0.39 is 0 Å². The monoisotopic (exact) mass is 388 g/mol. The van der Waals surface area contributed by atoms with E-state index in [9.17, 15) is 4.79 Å². The fraction of sp³-hybridized carbons (Fsp3) is 0.263. The fourth-order valence-electron chi connectivity index (χ4n) is 2.19. The van der Waals surface area contributed by atoms with Crippen molar-refractivity contribution in [3.05, 3.63) is 70.2 Å². The molecule has 4 nitrogen and oxygen atoms in total. The van der Waals surface area contributed by atoms with Gasteiger partial charge in [-0.3, -0.25) is 4.79 Å². The highest BCUT2D eigenvalue weighted by atomic mass is 79.9. The number of aryl methyl sites for hydroxylation is 1. The highest BCUT2D eigenvalue weighted by Gasteiger charge is 2.07. The van der Waals surface area contributed by atoms with Crippen LogP contribution in [0, 0.1) is 0 Å². The minimum atomic E-state index is -0.167. The number of oxime groups is 1. The zero-order chi connectivity index (χ0) is 17.2. The molecule has 0 spiro atoms. The Hall–Kier alpha value is -2.14. The maximum absolute atomic E-state index is 11.8. The standard InChI is InChI=1S/C19H21BrN2O2/c1-15(11-12-16-7-3-2-4-8-16)22-19(23)14-24-21-13-17-9-5-6-10-18(17)20/h2-10,13,15H,11-12,14H2,1H3,(H,22,23)/b21-13-/t15-/m1/s1. The molecule has 1 amide bonds. The van der Waals surface area contributed by atoms with Crippen LogP contribution in [0.5, 0.6) is 0 Å². The van der Waals surface area contributed by atoms with E-state index in [1.807, 2.05) is 49.4 Å². The lowest BCUT2D eigenvalue weighted by atomic mass is 10.1. The molecule has 126 valence electrons. The second-order valence-corrected chi connectivity index (χ2v) is 6.38. The maximum Gasteiger partial charge on any atom is 0.260 e. The second kappa shape index (κ2) is 9.88. The Bertz CT molecular complexity index is 674. The molecule has 2 rings (SSSR count). The Balaban J connectivity index is 1.66. The molecule has 1 N–H and O–H groups in total. The smallest absolute Gasteiger partial charge is 0.260 e. The number of nitrogens with zero attached hydrogens (tertiary/aromatic N) is 1. The van der Waals surface area contributed by atoms with E-state index >= 15 is 0 Å². The van der Waals surface area contributed by atoms with E-state index in [0.717, 1.165) is 22.9 Å². The summed E-state index contributed by atoms with van der Waals surface area (Å²) in [6.45, 7) is 1.90. The molecule has 0 unspecified atom stereocenters. The van der Waals surface area contributed by atoms with Crippen LogP contribution in [0.1, 0.15) is 24.5 Å². The Labute approximate surface area is 151 Å². The molecule has 0 heterocycles. The van der Waals surface area contributed by atoms with Gasteiger partial charge in [0.1, 0.15) is 0 Å². The van der Waals surface area contributed by atoms with Crippen LogP contribution in [0.2, 0.25) is 0 Å². The lowest BCUT2D eigenvalue weighted by molar-refractivity contribution is -0.126. The van der Waals surface area contributed by atoms with Crippen molar-refractivity contribution >= 4 is 28.1 Å². The third-order valence-electron chi connectivity index (χ3n) is 3.48. The van der Waals surface area contributed by atoms with Crippen molar-refractivity contribution in [3.63, 3.8) is 0 Å². The molecule has 0 saturated heterocycles. The van der Waals surface area contributed by atoms with E-state index in [0.29, 0.717) is 0 Å². The van der Waals surface area contributed by atoms with E-state index in [2.05, 4.69) is 38.5 Å². The molecule has 0 bridgehead atoms. The Morgan fingerprint density at radius 1 is 1.21 bits per heavy atom. The van der Waals surface area contributed by atoms with Crippen LogP contribution in [0.3, 0.4) is 0 Å². The van der Waals surface area contributed by atoms with E-state index in [-0.39, 0.29) is 18.6 Å². The van der Waals surface area contributed by atoms with Crippen molar-refractivity contribution in [3.8, 4) is 0 Å². The summed E-state index contributed by atoms with van der Waals surface area (Å²) in [4.78, 5) is 16.9. The third kappa shape index (κ3) is 6.54. The summed E-state index contributed by atoms with van der Waals surface area (Å²) in [5.41, 5.74) is 2.17. The molecule has 24 heavy (non-hydrogen) atoms. The molecule has 0 saturated carbocycles. The molecule has 0 radical (unpaired) electrons. The number of hydrogen-bond acceptors (Lipinski definition) is 3. The number of amides is 1. The van der Waals surface area contributed by atoms with Crippen molar-refractivity contribution in [2.24, 2.45) is 5.16 Å². The average molecular weight is 389 g/mol. The SMILES string of the molecule is C[C@H](CCc1ccccc1)NC(=O)CO/N=C\c1ccccc1Br. The molecule has 5 heteroatoms. The maximum atomic E-state index is 11.8. The third-order valence-corrected chi connectivity index (χ3v) is 4.21. The van der Waals surface area contributed by atoms with Gasteiger partial charge in [0.15, 0.2) is 6.61 Å². The topological polar surface area (TPSA) is 50.7 Å². The van der Waals surface area contributed by atoms with Gasteiger partial charge in [-0.25, -0.2) is 0 Å². The number of halogens is 1. The van der Waals surface area contributed by atoms with Crippen LogP contribution in [0.4, 0.5) is 0 Å². The van der Waals surface area contributed by atoms with Gasteiger partial charge in [-0.15, -0.1) is 0 Å². The first-order valence-electron chi connectivity index (χ1n) is 7.88. The van der Waals surface area contributed by atoms with Gasteiger partial charge in [-0.2, -0.15) is 0 Å². The Morgan fingerprint density at radius 3 is 2.67 bits per heavy atom. The summed E-state index contributed by atoms with van der Waals surface area (Å²) in [7, 11) is 0. The van der Waals surface area contributed by atoms with Crippen molar-refractivity contribution in [2.75, 3.05) is 6.61 Å². The summed E-state index contributed by atoms with van der Waals surface area (Å²) in [6, 6.07) is 18.0. The molecular weight excluding hydrogens is 368 g/mol. The summed E-state index contributed by atoms with van der Waals surface area (Å²) in [5.74, 6) is -0.167. The first kappa shape index (κ1) is 18.2. The zero-order valence-electron chi connectivity index (χ0n) is 13.6. The highest BCUT2D eigenvalue weighted by molar-refractivity contribution is 9.10. The van der Waals surface area contributed by atoms with Gasteiger partial charge in [0, 0.05) is 16.1 Å². The zero-order valence-corrected chi connectivity index (χ0v) is 15.2. The molecule has 0 aliphatic carbocycles. The van der Waals surface area contributed by atoms with E-state index in [1.165, 1.54) is 5.56 Å². The molecular formula is C19H21BrN2O2. The molecule has 2 aromatic carbocycles. The number of benzene rings is 2. The Morgan fingerprint density at radius 2 is 1.92 bits per heavy atom. The first-order valence-corrected chi connectivity index (χ1v) is 8.67. The summed E-state index contributed by atoms with van der Waals surface area (Å²) in [6.07, 6.45) is 3.40. The van der Waals surface area contributed by atoms with E-state index in [1.54, 1.807) is 6.21 Å². The molecule has 1 atom stereocenters. The van der Waals surface area contributed by atoms with Gasteiger partial charge >= 0.3 is 0 Å². The van der Waals surface area contributed by atoms with Crippen molar-refractivity contribution in [1.82, 2.24) is 5.32 Å². The highest BCUT2D eigenvalue weighted by Crippen LogP contribution is 2.13. The quantitative estimate of drug-likeness (QED) is 0.549. The van der Waals surface area contributed by atoms with Gasteiger partial charge in [0.25, 0.3) is 5.91 Å². The number of carbonyl (C=O) groups is 1. The normalized spacial score (nSPS) is 12.1. The summed E-state index contributed by atoms with van der Waals surface area (Å²) >= 11 is 3.42. The van der Waals surface area contributed by atoms with Crippen molar-refractivity contribution < 1.29 is 9.63 Å². The van der Waals surface area contributed by atoms with Crippen molar-refractivity contribution in [1.29, 1.82) is 0 Å². The van der Waals surface area contributed by atoms with Gasteiger partial charge < -0.3 is 10.2 Å². The Kier molecular flexibility index (Phi) is 7.49. The number of carbonyl (C=O) groups excluding carboxylic acids is 1. The number of hydrogen-bond donors (Lipinski definition) is 1. The fourth-order valence-corrected chi connectivity index (χ4v) is 2.57. The van der Waals surface area contributed by atoms with Gasteiger partial charge in [0.2, 0.25) is 0 Å². The van der Waals surface area contributed by atoms with Crippen LogP contribution in [0.25, 0.3) is 0 Å². The number of rotatable bonds is 8. The first-order chi connectivity index (χ1) is 11.6. The lowest BCUT2D eigenvalue weighted by Crippen LogP contribution is -2.35.